The number of para-hydroxylation sites is 1. The van der Waals surface area contributed by atoms with E-state index >= 15 is 0 Å². The predicted octanol–water partition coefficient (Wildman–Crippen LogP) is 4.73. The summed E-state index contributed by atoms with van der Waals surface area (Å²) in [6, 6.07) is 14.1. The van der Waals surface area contributed by atoms with E-state index in [9.17, 15) is 4.79 Å². The Hall–Kier alpha value is -2.49. The van der Waals surface area contributed by atoms with Crippen LogP contribution in [-0.2, 0) is 4.79 Å². The van der Waals surface area contributed by atoms with Gasteiger partial charge in [-0.05, 0) is 75.4 Å². The van der Waals surface area contributed by atoms with Crippen molar-refractivity contribution >= 4 is 23.0 Å². The van der Waals surface area contributed by atoms with Crippen molar-refractivity contribution in [2.75, 3.05) is 28.6 Å². The Morgan fingerprint density at radius 3 is 2.19 bits per heavy atom. The molecule has 2 N–H and O–H groups in total. The second-order valence-corrected chi connectivity index (χ2v) is 7.22. The highest BCUT2D eigenvalue weighted by molar-refractivity contribution is 5.97. The van der Waals surface area contributed by atoms with Gasteiger partial charge in [0.2, 0.25) is 5.91 Å². The standard InChI is InChI=1S/C22H29N3O/c1-16-8-7-9-17(2)21(16)24-22(26)18(3)23-19-10-12-20(13-11-19)25-14-5-4-6-15-25/h7-13,18,23H,4-6,14-15H2,1-3H3,(H,24,26)/t18-/m1/s1. The van der Waals surface area contributed by atoms with Gasteiger partial charge in [0, 0.05) is 30.2 Å². The molecule has 1 aliphatic rings. The Kier molecular flexibility index (Phi) is 5.82. The third kappa shape index (κ3) is 4.37. The van der Waals surface area contributed by atoms with Crippen LogP contribution in [0.5, 0.6) is 0 Å². The van der Waals surface area contributed by atoms with Crippen molar-refractivity contribution in [3.05, 3.63) is 53.6 Å². The summed E-state index contributed by atoms with van der Waals surface area (Å²) >= 11 is 0. The van der Waals surface area contributed by atoms with Crippen molar-refractivity contribution in [2.45, 2.75) is 46.1 Å². The van der Waals surface area contributed by atoms with Crippen LogP contribution in [-0.4, -0.2) is 25.0 Å². The number of anilines is 3. The van der Waals surface area contributed by atoms with Crippen molar-refractivity contribution in [2.24, 2.45) is 0 Å². The zero-order valence-corrected chi connectivity index (χ0v) is 16.0. The maximum absolute atomic E-state index is 12.6. The molecular formula is C22H29N3O. The fraction of sp³-hybridized carbons (Fsp3) is 0.409. The highest BCUT2D eigenvalue weighted by Crippen LogP contribution is 2.23. The molecule has 1 aliphatic heterocycles. The number of hydrogen-bond donors (Lipinski definition) is 2. The molecule has 0 bridgehead atoms. The van der Waals surface area contributed by atoms with E-state index in [2.05, 4.69) is 39.8 Å². The number of nitrogens with one attached hydrogen (secondary N) is 2. The lowest BCUT2D eigenvalue weighted by Gasteiger charge is -2.29. The molecule has 0 spiro atoms. The molecule has 0 saturated carbocycles. The summed E-state index contributed by atoms with van der Waals surface area (Å²) in [7, 11) is 0. The quantitative estimate of drug-likeness (QED) is 0.818. The van der Waals surface area contributed by atoms with Gasteiger partial charge in [0.1, 0.15) is 6.04 Å². The van der Waals surface area contributed by atoms with E-state index in [1.54, 1.807) is 0 Å². The number of hydrogen-bond acceptors (Lipinski definition) is 3. The van der Waals surface area contributed by atoms with Gasteiger partial charge in [-0.25, -0.2) is 0 Å². The van der Waals surface area contributed by atoms with Crippen LogP contribution >= 0.6 is 0 Å². The molecule has 1 amide bonds. The number of nitrogens with zero attached hydrogens (tertiary/aromatic N) is 1. The highest BCUT2D eigenvalue weighted by Gasteiger charge is 2.15. The first-order valence-electron chi connectivity index (χ1n) is 9.53. The number of carbonyl (C=O) groups excluding carboxylic acids is 1. The molecule has 4 heteroatoms. The Labute approximate surface area is 156 Å². The number of benzene rings is 2. The minimum atomic E-state index is -0.310. The van der Waals surface area contributed by atoms with Gasteiger partial charge in [0.25, 0.3) is 0 Å². The molecule has 0 aliphatic carbocycles. The fourth-order valence-electron chi connectivity index (χ4n) is 3.48. The van der Waals surface area contributed by atoms with Crippen molar-refractivity contribution < 1.29 is 4.79 Å². The second-order valence-electron chi connectivity index (χ2n) is 7.22. The Balaban J connectivity index is 1.60. The highest BCUT2D eigenvalue weighted by atomic mass is 16.2. The maximum atomic E-state index is 12.6. The molecule has 2 aromatic carbocycles. The first kappa shape index (κ1) is 18.3. The second kappa shape index (κ2) is 8.26. The van der Waals surface area contributed by atoms with E-state index in [0.717, 1.165) is 35.6 Å². The minimum absolute atomic E-state index is 0.0255. The summed E-state index contributed by atoms with van der Waals surface area (Å²) in [4.78, 5) is 15.0. The SMILES string of the molecule is Cc1cccc(C)c1NC(=O)[C@@H](C)Nc1ccc(N2CCCCC2)cc1. The third-order valence-corrected chi connectivity index (χ3v) is 5.09. The van der Waals surface area contributed by atoms with Crippen LogP contribution in [0.2, 0.25) is 0 Å². The zero-order valence-electron chi connectivity index (χ0n) is 16.0. The fourth-order valence-corrected chi connectivity index (χ4v) is 3.48. The maximum Gasteiger partial charge on any atom is 0.246 e. The zero-order chi connectivity index (χ0) is 18.5. The van der Waals surface area contributed by atoms with E-state index in [-0.39, 0.29) is 11.9 Å². The Bertz CT molecular complexity index is 728. The summed E-state index contributed by atoms with van der Waals surface area (Å²) < 4.78 is 0. The van der Waals surface area contributed by atoms with E-state index in [0.29, 0.717) is 0 Å². The molecule has 3 rings (SSSR count). The monoisotopic (exact) mass is 351 g/mol. The van der Waals surface area contributed by atoms with Gasteiger partial charge in [0.15, 0.2) is 0 Å². The van der Waals surface area contributed by atoms with Crippen LogP contribution in [0.1, 0.15) is 37.3 Å². The molecule has 0 unspecified atom stereocenters. The van der Waals surface area contributed by atoms with Crippen LogP contribution in [0, 0.1) is 13.8 Å². The summed E-state index contributed by atoms with van der Waals surface area (Å²) in [5.74, 6) is -0.0255. The molecule has 138 valence electrons. The lowest BCUT2D eigenvalue weighted by Crippen LogP contribution is -2.32. The summed E-state index contributed by atoms with van der Waals surface area (Å²) in [6.07, 6.45) is 3.88. The van der Waals surface area contributed by atoms with Crippen molar-refractivity contribution in [3.8, 4) is 0 Å². The van der Waals surface area contributed by atoms with E-state index in [4.69, 9.17) is 0 Å². The average molecular weight is 351 g/mol. The molecular weight excluding hydrogens is 322 g/mol. The average Bonchev–Trinajstić information content (AvgIpc) is 2.66. The molecule has 0 aromatic heterocycles. The van der Waals surface area contributed by atoms with Crippen LogP contribution in [0.15, 0.2) is 42.5 Å². The van der Waals surface area contributed by atoms with E-state index in [1.165, 1.54) is 24.9 Å². The third-order valence-electron chi connectivity index (χ3n) is 5.09. The molecule has 0 radical (unpaired) electrons. The van der Waals surface area contributed by atoms with Gasteiger partial charge in [0.05, 0.1) is 0 Å². The van der Waals surface area contributed by atoms with Gasteiger partial charge < -0.3 is 15.5 Å². The molecule has 1 fully saturated rings. The number of aryl methyl sites for hydroxylation is 2. The summed E-state index contributed by atoms with van der Waals surface area (Å²) in [5.41, 5.74) is 5.30. The Morgan fingerprint density at radius 1 is 0.962 bits per heavy atom. The largest absolute Gasteiger partial charge is 0.374 e. The van der Waals surface area contributed by atoms with Crippen LogP contribution in [0.3, 0.4) is 0 Å². The number of amides is 1. The van der Waals surface area contributed by atoms with Crippen molar-refractivity contribution in [1.82, 2.24) is 0 Å². The van der Waals surface area contributed by atoms with Crippen molar-refractivity contribution in [1.29, 1.82) is 0 Å². The van der Waals surface area contributed by atoms with Gasteiger partial charge in [-0.1, -0.05) is 18.2 Å². The molecule has 4 nitrogen and oxygen atoms in total. The first-order chi connectivity index (χ1) is 12.5. The molecule has 1 atom stereocenters. The number of piperidine rings is 1. The lowest BCUT2D eigenvalue weighted by atomic mass is 10.1. The van der Waals surface area contributed by atoms with E-state index in [1.807, 2.05) is 39.0 Å². The number of carbonyl (C=O) groups is 1. The molecule has 1 saturated heterocycles. The normalized spacial score (nSPS) is 15.4. The Morgan fingerprint density at radius 2 is 1.58 bits per heavy atom. The molecule has 26 heavy (non-hydrogen) atoms. The van der Waals surface area contributed by atoms with Crippen LogP contribution in [0.4, 0.5) is 17.1 Å². The van der Waals surface area contributed by atoms with Gasteiger partial charge in [-0.3, -0.25) is 4.79 Å². The first-order valence-corrected chi connectivity index (χ1v) is 9.53. The van der Waals surface area contributed by atoms with E-state index < -0.39 is 0 Å². The molecule has 2 aromatic rings. The topological polar surface area (TPSA) is 44.4 Å². The van der Waals surface area contributed by atoms with Crippen LogP contribution in [0.25, 0.3) is 0 Å². The predicted molar refractivity (Wildman–Crippen MR) is 110 cm³/mol. The lowest BCUT2D eigenvalue weighted by molar-refractivity contribution is -0.116. The smallest absolute Gasteiger partial charge is 0.246 e. The van der Waals surface area contributed by atoms with Gasteiger partial charge in [-0.15, -0.1) is 0 Å². The van der Waals surface area contributed by atoms with Gasteiger partial charge in [-0.2, -0.15) is 0 Å². The van der Waals surface area contributed by atoms with Gasteiger partial charge >= 0.3 is 0 Å². The van der Waals surface area contributed by atoms with Crippen LogP contribution < -0.4 is 15.5 Å². The summed E-state index contributed by atoms with van der Waals surface area (Å²) in [5, 5.41) is 6.35. The summed E-state index contributed by atoms with van der Waals surface area (Å²) in [6.45, 7) is 8.20. The minimum Gasteiger partial charge on any atom is -0.374 e. The number of rotatable bonds is 5. The van der Waals surface area contributed by atoms with Crippen molar-refractivity contribution in [3.63, 3.8) is 0 Å². The molecule has 1 heterocycles.